The molecule has 0 radical (unpaired) electrons. The Balaban J connectivity index is 1.96. The van der Waals surface area contributed by atoms with Gasteiger partial charge in [-0.05, 0) is 56.7 Å². The van der Waals surface area contributed by atoms with Crippen molar-refractivity contribution < 1.29 is 33.0 Å². The maximum Gasteiger partial charge on any atom is 0.410 e. The van der Waals surface area contributed by atoms with Crippen LogP contribution in [-0.4, -0.2) is 46.3 Å². The zero-order valence-electron chi connectivity index (χ0n) is 21.8. The number of pyridine rings is 1. The van der Waals surface area contributed by atoms with Gasteiger partial charge in [-0.15, -0.1) is 0 Å². The van der Waals surface area contributed by atoms with Crippen molar-refractivity contribution in [3.8, 4) is 5.88 Å². The number of anilines is 3. The van der Waals surface area contributed by atoms with Crippen molar-refractivity contribution in [3.63, 3.8) is 0 Å². The van der Waals surface area contributed by atoms with Gasteiger partial charge in [0.25, 0.3) is 0 Å². The summed E-state index contributed by atoms with van der Waals surface area (Å²) >= 11 is 6.24. The van der Waals surface area contributed by atoms with Crippen LogP contribution in [0.1, 0.15) is 42.4 Å². The van der Waals surface area contributed by atoms with Crippen LogP contribution >= 0.6 is 11.6 Å². The molecular formula is C27H29ClF2N4O5. The van der Waals surface area contributed by atoms with Crippen LogP contribution in [0.5, 0.6) is 5.88 Å². The lowest BCUT2D eigenvalue weighted by Gasteiger charge is -2.28. The smallest absolute Gasteiger partial charge is 0.410 e. The van der Waals surface area contributed by atoms with Crippen molar-refractivity contribution in [2.45, 2.75) is 39.3 Å². The highest BCUT2D eigenvalue weighted by Crippen LogP contribution is 2.29. The van der Waals surface area contributed by atoms with E-state index >= 15 is 0 Å². The Morgan fingerprint density at radius 2 is 1.79 bits per heavy atom. The highest BCUT2D eigenvalue weighted by molar-refractivity contribution is 6.30. The number of ether oxygens (including phenoxy) is 2. The molecular weight excluding hydrogens is 534 g/mol. The average molecular weight is 563 g/mol. The van der Waals surface area contributed by atoms with E-state index in [4.69, 9.17) is 26.8 Å². The van der Waals surface area contributed by atoms with Crippen molar-refractivity contribution in [1.29, 1.82) is 0 Å². The number of carboxylic acids is 1. The summed E-state index contributed by atoms with van der Waals surface area (Å²) in [6.07, 6.45) is -0.369. The van der Waals surface area contributed by atoms with Crippen molar-refractivity contribution in [3.05, 3.63) is 75.9 Å². The Morgan fingerprint density at radius 1 is 1.10 bits per heavy atom. The van der Waals surface area contributed by atoms with Gasteiger partial charge in [-0.3, -0.25) is 0 Å². The van der Waals surface area contributed by atoms with E-state index in [9.17, 15) is 23.5 Å². The number of nitrogen functional groups attached to an aromatic ring is 1. The second-order valence-corrected chi connectivity index (χ2v) is 10.0. The Kier molecular flexibility index (Phi) is 9.18. The number of hydrogen-bond acceptors (Lipinski definition) is 7. The molecule has 3 aromatic rings. The molecule has 0 aliphatic rings. The minimum Gasteiger partial charge on any atom is -0.481 e. The van der Waals surface area contributed by atoms with Crippen molar-refractivity contribution in [2.24, 2.45) is 0 Å². The quantitative estimate of drug-likeness (QED) is 0.289. The molecule has 1 amide bonds. The molecule has 39 heavy (non-hydrogen) atoms. The summed E-state index contributed by atoms with van der Waals surface area (Å²) in [7, 11) is 1.48. The van der Waals surface area contributed by atoms with E-state index < -0.39 is 34.9 Å². The van der Waals surface area contributed by atoms with Gasteiger partial charge in [0.15, 0.2) is 11.6 Å². The number of nitrogens with two attached hydrogens (primary N) is 1. The van der Waals surface area contributed by atoms with Crippen LogP contribution in [0.25, 0.3) is 0 Å². The van der Waals surface area contributed by atoms with E-state index in [1.807, 2.05) is 0 Å². The first kappa shape index (κ1) is 29.4. The minimum atomic E-state index is -1.45. The number of amides is 1. The predicted molar refractivity (Wildman–Crippen MR) is 144 cm³/mol. The third-order valence-electron chi connectivity index (χ3n) is 5.45. The molecule has 4 N–H and O–H groups in total. The fourth-order valence-corrected chi connectivity index (χ4v) is 3.80. The van der Waals surface area contributed by atoms with Crippen LogP contribution in [0, 0.1) is 11.6 Å². The first-order valence-electron chi connectivity index (χ1n) is 11.8. The number of halogens is 3. The number of carbonyl (C=O) groups is 2. The largest absolute Gasteiger partial charge is 0.481 e. The van der Waals surface area contributed by atoms with Gasteiger partial charge in [0.1, 0.15) is 5.60 Å². The molecule has 0 saturated heterocycles. The molecule has 12 heteroatoms. The Hall–Kier alpha value is -4.12. The van der Waals surface area contributed by atoms with E-state index in [1.54, 1.807) is 45.0 Å². The number of carboxylic acid groups (broad SMARTS) is 1. The van der Waals surface area contributed by atoms with Crippen LogP contribution in [0.2, 0.25) is 5.02 Å². The number of nitrogens with zero attached hydrogens (tertiary/aromatic N) is 2. The molecule has 0 saturated carbocycles. The summed E-state index contributed by atoms with van der Waals surface area (Å²) in [6, 6.07) is 9.26. The van der Waals surface area contributed by atoms with Gasteiger partial charge in [0, 0.05) is 35.8 Å². The Bertz CT molecular complexity index is 1380. The van der Waals surface area contributed by atoms with Gasteiger partial charge in [0.2, 0.25) is 5.88 Å². The van der Waals surface area contributed by atoms with Crippen molar-refractivity contribution in [1.82, 2.24) is 9.88 Å². The summed E-state index contributed by atoms with van der Waals surface area (Å²) in [5, 5.41) is 12.7. The molecule has 0 atom stereocenters. The number of benzene rings is 2. The van der Waals surface area contributed by atoms with Crippen LogP contribution < -0.4 is 15.8 Å². The van der Waals surface area contributed by atoms with E-state index in [2.05, 4.69) is 10.3 Å². The van der Waals surface area contributed by atoms with Gasteiger partial charge >= 0.3 is 12.1 Å². The van der Waals surface area contributed by atoms with Crippen molar-refractivity contribution in [2.75, 3.05) is 24.7 Å². The van der Waals surface area contributed by atoms with Crippen LogP contribution in [0.3, 0.4) is 0 Å². The molecule has 1 heterocycles. The summed E-state index contributed by atoms with van der Waals surface area (Å²) in [5.41, 5.74) is 6.34. The van der Waals surface area contributed by atoms with Gasteiger partial charge in [0.05, 0.1) is 36.3 Å². The van der Waals surface area contributed by atoms with Gasteiger partial charge in [-0.25, -0.2) is 23.4 Å². The van der Waals surface area contributed by atoms with Crippen LogP contribution in [0.4, 0.5) is 30.6 Å². The third kappa shape index (κ3) is 7.93. The molecule has 9 nitrogen and oxygen atoms in total. The second kappa shape index (κ2) is 12.2. The zero-order valence-corrected chi connectivity index (χ0v) is 22.6. The van der Waals surface area contributed by atoms with Gasteiger partial charge < -0.3 is 30.5 Å². The van der Waals surface area contributed by atoms with E-state index in [0.717, 1.165) is 6.07 Å². The highest BCUT2D eigenvalue weighted by atomic mass is 35.5. The second-order valence-electron chi connectivity index (χ2n) is 9.58. The average Bonchev–Trinajstić information content (AvgIpc) is 2.84. The maximum atomic E-state index is 14.0. The number of hydrogen-bond donors (Lipinski definition) is 3. The number of methoxy groups -OCH3 is 1. The fraction of sp³-hybridized carbons (Fsp3) is 0.296. The molecule has 0 bridgehead atoms. The Labute approximate surface area is 229 Å². The van der Waals surface area contributed by atoms with Crippen molar-refractivity contribution >= 4 is 40.7 Å². The van der Waals surface area contributed by atoms with Gasteiger partial charge in [-0.1, -0.05) is 11.6 Å². The zero-order chi connectivity index (χ0) is 28.9. The molecule has 0 aliphatic carbocycles. The summed E-state index contributed by atoms with van der Waals surface area (Å²) < 4.78 is 38.5. The summed E-state index contributed by atoms with van der Waals surface area (Å²) in [6.45, 7) is 5.29. The van der Waals surface area contributed by atoms with E-state index in [-0.39, 0.29) is 25.2 Å². The number of carbonyl (C=O) groups excluding carboxylic acids is 1. The predicted octanol–water partition coefficient (Wildman–Crippen LogP) is 6.03. The molecule has 0 fully saturated rings. The van der Waals surface area contributed by atoms with E-state index in [1.165, 1.54) is 18.1 Å². The lowest BCUT2D eigenvalue weighted by molar-refractivity contribution is 0.0235. The SMILES string of the molecule is COc1ccc(N)c(CCN(Cc2cc(Cl)ccc2Nc2cc(F)c(F)cc2C(=O)O)C(=O)OC(C)(C)C)n1. The molecule has 0 unspecified atom stereocenters. The monoisotopic (exact) mass is 562 g/mol. The first-order valence-corrected chi connectivity index (χ1v) is 12.2. The Morgan fingerprint density at radius 3 is 2.44 bits per heavy atom. The topological polar surface area (TPSA) is 127 Å². The lowest BCUT2D eigenvalue weighted by atomic mass is 10.1. The minimum absolute atomic E-state index is 0.0340. The third-order valence-corrected chi connectivity index (χ3v) is 5.69. The first-order chi connectivity index (χ1) is 18.3. The van der Waals surface area contributed by atoms with Crippen LogP contribution in [-0.2, 0) is 17.7 Å². The molecule has 1 aromatic heterocycles. The fourth-order valence-electron chi connectivity index (χ4n) is 3.60. The lowest BCUT2D eigenvalue weighted by Crippen LogP contribution is -2.38. The molecule has 208 valence electrons. The molecule has 0 spiro atoms. The highest BCUT2D eigenvalue weighted by Gasteiger charge is 2.24. The number of nitrogens with one attached hydrogen (secondary N) is 1. The molecule has 2 aromatic carbocycles. The number of aromatic nitrogens is 1. The van der Waals surface area contributed by atoms with E-state index in [0.29, 0.717) is 39.6 Å². The molecule has 3 rings (SSSR count). The van der Waals surface area contributed by atoms with Crippen LogP contribution in [0.15, 0.2) is 42.5 Å². The summed E-state index contributed by atoms with van der Waals surface area (Å²) in [5.74, 6) is -3.61. The number of aromatic carboxylic acids is 1. The normalized spacial score (nSPS) is 11.2. The number of rotatable bonds is 9. The summed E-state index contributed by atoms with van der Waals surface area (Å²) in [4.78, 5) is 30.6. The molecule has 0 aliphatic heterocycles. The standard InChI is InChI=1S/C27H29ClF2N4O5/c1-27(2,3)39-26(37)34(10-9-22-20(31)6-8-24(33-22)38-4)14-15-11-16(28)5-7-21(15)32-23-13-19(30)18(29)12-17(23)25(35)36/h5-8,11-13,32H,9-10,14,31H2,1-4H3,(H,35,36). The maximum absolute atomic E-state index is 14.0. The van der Waals surface area contributed by atoms with Gasteiger partial charge in [-0.2, -0.15) is 0 Å².